The van der Waals surface area contributed by atoms with Gasteiger partial charge in [0.15, 0.2) is 0 Å². The van der Waals surface area contributed by atoms with Crippen LogP contribution in [-0.4, -0.2) is 31.2 Å². The van der Waals surface area contributed by atoms with E-state index in [1.54, 1.807) is 18.0 Å². The van der Waals surface area contributed by atoms with Crippen molar-refractivity contribution in [2.45, 2.75) is 55.1 Å². The van der Waals surface area contributed by atoms with Crippen molar-refractivity contribution >= 4 is 11.8 Å². The lowest BCUT2D eigenvalue weighted by Crippen LogP contribution is -2.24. The molecule has 21 heavy (non-hydrogen) atoms. The van der Waals surface area contributed by atoms with Gasteiger partial charge in [-0.1, -0.05) is 30.7 Å². The fourth-order valence-corrected chi connectivity index (χ4v) is 3.82. The molecule has 1 aliphatic rings. The number of aromatic nitrogens is 5. The number of thioether (sulfide) groups is 1. The number of nitrogens with zero attached hydrogens (tertiary/aromatic N) is 5. The molecule has 1 saturated carbocycles. The van der Waals surface area contributed by atoms with Crippen LogP contribution >= 0.6 is 11.8 Å². The Balaban J connectivity index is 1.82. The van der Waals surface area contributed by atoms with Gasteiger partial charge >= 0.3 is 0 Å². The number of hydrogen-bond acceptors (Lipinski definition) is 6. The number of rotatable bonds is 5. The molecule has 2 heterocycles. The highest BCUT2D eigenvalue weighted by atomic mass is 32.2. The monoisotopic (exact) mass is 304 g/mol. The third-order valence-electron chi connectivity index (χ3n) is 3.82. The molecule has 3 rings (SSSR count). The summed E-state index contributed by atoms with van der Waals surface area (Å²) in [5.41, 5.74) is 7.12. The van der Waals surface area contributed by atoms with E-state index in [4.69, 9.17) is 5.73 Å². The predicted octanol–water partition coefficient (Wildman–Crippen LogP) is 2.36. The summed E-state index contributed by atoms with van der Waals surface area (Å²) in [6.07, 6.45) is 6.62. The quantitative estimate of drug-likeness (QED) is 0.854. The minimum atomic E-state index is -0.0290. The normalized spacial score (nSPS) is 18.8. The zero-order valence-electron chi connectivity index (χ0n) is 12.1. The maximum atomic E-state index is 6.15. The summed E-state index contributed by atoms with van der Waals surface area (Å²) in [5, 5.41) is 13.1. The van der Waals surface area contributed by atoms with Gasteiger partial charge in [0.1, 0.15) is 0 Å². The van der Waals surface area contributed by atoms with Gasteiger partial charge in [0.2, 0.25) is 5.16 Å². The largest absolute Gasteiger partial charge is 0.327 e. The highest BCUT2D eigenvalue weighted by Crippen LogP contribution is 2.38. The Hall–Kier alpha value is -1.47. The Bertz CT molecular complexity index is 564. The predicted molar refractivity (Wildman–Crippen MR) is 81.8 cm³/mol. The van der Waals surface area contributed by atoms with E-state index < -0.39 is 0 Å². The summed E-state index contributed by atoms with van der Waals surface area (Å²) < 4.78 is 1.97. The first-order valence-electron chi connectivity index (χ1n) is 7.36. The lowest BCUT2D eigenvalue weighted by atomic mass is 10.2. The van der Waals surface area contributed by atoms with Crippen molar-refractivity contribution in [3.05, 3.63) is 30.1 Å². The van der Waals surface area contributed by atoms with E-state index in [2.05, 4.69) is 20.5 Å². The summed E-state index contributed by atoms with van der Waals surface area (Å²) in [7, 11) is 0. The average molecular weight is 304 g/mol. The molecule has 0 radical (unpaired) electrons. The summed E-state index contributed by atoms with van der Waals surface area (Å²) >= 11 is 1.61. The lowest BCUT2D eigenvalue weighted by molar-refractivity contribution is 0.422. The second-order valence-electron chi connectivity index (χ2n) is 5.50. The Morgan fingerprint density at radius 2 is 2.14 bits per heavy atom. The summed E-state index contributed by atoms with van der Waals surface area (Å²) in [4.78, 5) is 4.43. The zero-order valence-corrected chi connectivity index (χ0v) is 12.9. The van der Waals surface area contributed by atoms with E-state index in [1.807, 2.05) is 29.8 Å². The van der Waals surface area contributed by atoms with Crippen LogP contribution in [-0.2, 0) is 0 Å². The van der Waals surface area contributed by atoms with Crippen LogP contribution in [0.5, 0.6) is 0 Å². The highest BCUT2D eigenvalue weighted by Gasteiger charge is 2.26. The Morgan fingerprint density at radius 1 is 1.33 bits per heavy atom. The van der Waals surface area contributed by atoms with Crippen LogP contribution in [0, 0.1) is 0 Å². The Labute approximate surface area is 128 Å². The molecule has 0 aromatic carbocycles. The van der Waals surface area contributed by atoms with E-state index in [0.29, 0.717) is 6.04 Å². The number of tetrazole rings is 1. The van der Waals surface area contributed by atoms with Gasteiger partial charge in [-0.25, -0.2) is 4.68 Å². The molecule has 2 unspecified atom stereocenters. The molecular weight excluding hydrogens is 284 g/mol. The second kappa shape index (κ2) is 6.53. The van der Waals surface area contributed by atoms with E-state index >= 15 is 0 Å². The summed E-state index contributed by atoms with van der Waals surface area (Å²) in [6, 6.07) is 6.30. The fourth-order valence-electron chi connectivity index (χ4n) is 2.74. The molecular formula is C14H20N6S. The van der Waals surface area contributed by atoms with Crippen molar-refractivity contribution < 1.29 is 0 Å². The highest BCUT2D eigenvalue weighted by molar-refractivity contribution is 7.99. The topological polar surface area (TPSA) is 82.5 Å². The van der Waals surface area contributed by atoms with Gasteiger partial charge in [0, 0.05) is 12.2 Å². The minimum Gasteiger partial charge on any atom is -0.327 e. The van der Waals surface area contributed by atoms with Crippen molar-refractivity contribution in [1.29, 1.82) is 0 Å². The third-order valence-corrected chi connectivity index (χ3v) is 5.23. The maximum Gasteiger partial charge on any atom is 0.210 e. The number of hydrogen-bond donors (Lipinski definition) is 1. The van der Waals surface area contributed by atoms with Gasteiger partial charge in [-0.05, 0) is 42.3 Å². The fraction of sp³-hybridized carbons (Fsp3) is 0.571. The smallest absolute Gasteiger partial charge is 0.210 e. The molecule has 2 aromatic rings. The summed E-state index contributed by atoms with van der Waals surface area (Å²) in [5.74, 6) is 0. The van der Waals surface area contributed by atoms with Crippen molar-refractivity contribution in [3.8, 4) is 0 Å². The standard InChI is InChI=1S/C14H20N6S/c1-10(15)13(12-8-4-5-9-16-12)21-14-17-18-19-20(14)11-6-2-3-7-11/h4-5,8-11,13H,2-3,6-7,15H2,1H3. The molecule has 0 saturated heterocycles. The lowest BCUT2D eigenvalue weighted by Gasteiger charge is -2.20. The molecule has 2 atom stereocenters. The molecule has 0 spiro atoms. The van der Waals surface area contributed by atoms with Gasteiger partial charge in [-0.2, -0.15) is 0 Å². The van der Waals surface area contributed by atoms with E-state index in [9.17, 15) is 0 Å². The molecule has 1 aliphatic carbocycles. The number of nitrogens with two attached hydrogens (primary N) is 1. The van der Waals surface area contributed by atoms with Crippen LogP contribution in [0.1, 0.15) is 49.6 Å². The first-order chi connectivity index (χ1) is 10.3. The van der Waals surface area contributed by atoms with Crippen LogP contribution in [0.25, 0.3) is 0 Å². The van der Waals surface area contributed by atoms with E-state index in [1.165, 1.54) is 12.8 Å². The molecule has 2 N–H and O–H groups in total. The van der Waals surface area contributed by atoms with Crippen molar-refractivity contribution in [3.63, 3.8) is 0 Å². The SMILES string of the molecule is CC(N)C(Sc1nnnn1C1CCCC1)c1ccccn1. The molecule has 0 aliphatic heterocycles. The van der Waals surface area contributed by atoms with E-state index in [-0.39, 0.29) is 11.3 Å². The molecule has 2 aromatic heterocycles. The van der Waals surface area contributed by atoms with Crippen molar-refractivity contribution in [1.82, 2.24) is 25.2 Å². The Morgan fingerprint density at radius 3 is 2.81 bits per heavy atom. The molecule has 1 fully saturated rings. The second-order valence-corrected chi connectivity index (χ2v) is 6.61. The minimum absolute atomic E-state index is 0.0290. The first-order valence-corrected chi connectivity index (χ1v) is 8.24. The third kappa shape index (κ3) is 3.24. The molecule has 6 nitrogen and oxygen atoms in total. The van der Waals surface area contributed by atoms with Crippen LogP contribution in [0.2, 0.25) is 0 Å². The van der Waals surface area contributed by atoms with Crippen molar-refractivity contribution in [2.24, 2.45) is 5.73 Å². The zero-order chi connectivity index (χ0) is 14.7. The average Bonchev–Trinajstić information content (AvgIpc) is 3.16. The maximum absolute atomic E-state index is 6.15. The Kier molecular flexibility index (Phi) is 4.50. The van der Waals surface area contributed by atoms with Crippen molar-refractivity contribution in [2.75, 3.05) is 0 Å². The molecule has 0 amide bonds. The number of pyridine rings is 1. The summed E-state index contributed by atoms with van der Waals surface area (Å²) in [6.45, 7) is 2.00. The van der Waals surface area contributed by atoms with Gasteiger partial charge < -0.3 is 5.73 Å². The van der Waals surface area contributed by atoms with Crippen LogP contribution < -0.4 is 5.73 Å². The van der Waals surface area contributed by atoms with Gasteiger partial charge in [-0.15, -0.1) is 5.10 Å². The first kappa shape index (κ1) is 14.5. The molecule has 7 heteroatoms. The van der Waals surface area contributed by atoms with Crippen LogP contribution in [0.15, 0.2) is 29.6 Å². The van der Waals surface area contributed by atoms with Gasteiger partial charge in [0.25, 0.3) is 0 Å². The van der Waals surface area contributed by atoms with E-state index in [0.717, 1.165) is 23.7 Å². The van der Waals surface area contributed by atoms with Crippen LogP contribution in [0.3, 0.4) is 0 Å². The van der Waals surface area contributed by atoms with Gasteiger partial charge in [-0.3, -0.25) is 4.98 Å². The molecule has 112 valence electrons. The van der Waals surface area contributed by atoms with Gasteiger partial charge in [0.05, 0.1) is 17.0 Å². The molecule has 0 bridgehead atoms. The van der Waals surface area contributed by atoms with Crippen LogP contribution in [0.4, 0.5) is 0 Å².